The molecular formula is C30H28N4+2. The smallest absolute Gasteiger partial charge is 0.219 e. The van der Waals surface area contributed by atoms with Crippen molar-refractivity contribution in [2.24, 2.45) is 0 Å². The average Bonchev–Trinajstić information content (AvgIpc) is 3.34. The van der Waals surface area contributed by atoms with Gasteiger partial charge in [0, 0.05) is 37.1 Å². The molecule has 0 saturated heterocycles. The lowest BCUT2D eigenvalue weighted by molar-refractivity contribution is -0.744. The molecule has 0 atom stereocenters. The number of imidazole rings is 2. The Labute approximate surface area is 199 Å². The van der Waals surface area contributed by atoms with Gasteiger partial charge < -0.3 is 0 Å². The molecule has 0 bridgehead atoms. The molecule has 34 heavy (non-hydrogen) atoms. The third-order valence-corrected chi connectivity index (χ3v) is 6.82. The molecule has 4 aromatic heterocycles. The van der Waals surface area contributed by atoms with Crippen molar-refractivity contribution in [3.05, 3.63) is 121 Å². The van der Waals surface area contributed by atoms with E-state index in [-0.39, 0.29) is 0 Å². The number of benzene rings is 2. The Morgan fingerprint density at radius 1 is 0.500 bits per heavy atom. The second-order valence-electron chi connectivity index (χ2n) is 8.76. The molecule has 6 rings (SSSR count). The van der Waals surface area contributed by atoms with Gasteiger partial charge in [-0.05, 0) is 12.1 Å². The topological polar surface area (TPSA) is 16.6 Å². The second-order valence-corrected chi connectivity index (χ2v) is 8.76. The second kappa shape index (κ2) is 8.31. The van der Waals surface area contributed by atoms with Crippen molar-refractivity contribution in [2.75, 3.05) is 0 Å². The van der Waals surface area contributed by atoms with Gasteiger partial charge in [-0.1, -0.05) is 72.8 Å². The van der Waals surface area contributed by atoms with Crippen molar-refractivity contribution in [2.45, 2.75) is 26.9 Å². The molecule has 166 valence electrons. The van der Waals surface area contributed by atoms with Crippen molar-refractivity contribution in [1.29, 1.82) is 0 Å². The lowest BCUT2D eigenvalue weighted by Crippen LogP contribution is -2.46. The van der Waals surface area contributed by atoms with Crippen LogP contribution in [-0.4, -0.2) is 8.80 Å². The number of hydrogen-bond acceptors (Lipinski definition) is 0. The summed E-state index contributed by atoms with van der Waals surface area (Å²) in [6, 6.07) is 34.4. The summed E-state index contributed by atoms with van der Waals surface area (Å²) < 4.78 is 9.53. The van der Waals surface area contributed by atoms with Crippen LogP contribution >= 0.6 is 0 Å². The van der Waals surface area contributed by atoms with E-state index in [0.29, 0.717) is 0 Å². The number of aromatic nitrogens is 4. The van der Waals surface area contributed by atoms with Crippen LogP contribution in [0.25, 0.3) is 33.8 Å². The van der Waals surface area contributed by atoms with Crippen molar-refractivity contribution in [3.8, 4) is 22.5 Å². The third kappa shape index (κ3) is 3.22. The first kappa shape index (κ1) is 20.4. The number of aryl methyl sites for hydroxylation is 4. The number of fused-ring (bicyclic) bond motifs is 2. The average molecular weight is 445 g/mol. The van der Waals surface area contributed by atoms with Gasteiger partial charge in [-0.25, -0.2) is 9.13 Å². The van der Waals surface area contributed by atoms with Crippen LogP contribution in [0.1, 0.15) is 11.4 Å². The van der Waals surface area contributed by atoms with Crippen molar-refractivity contribution >= 4 is 11.3 Å². The van der Waals surface area contributed by atoms with Gasteiger partial charge in [-0.3, -0.25) is 0 Å². The summed E-state index contributed by atoms with van der Waals surface area (Å²) in [5.41, 5.74) is 9.97. The summed E-state index contributed by atoms with van der Waals surface area (Å²) in [5, 5.41) is 0. The zero-order valence-electron chi connectivity index (χ0n) is 19.6. The molecule has 0 saturated carbocycles. The van der Waals surface area contributed by atoms with E-state index in [1.54, 1.807) is 0 Å². The highest BCUT2D eigenvalue weighted by molar-refractivity contribution is 5.62. The van der Waals surface area contributed by atoms with E-state index in [1.165, 1.54) is 45.2 Å². The zero-order chi connectivity index (χ0) is 23.1. The van der Waals surface area contributed by atoms with Crippen LogP contribution < -0.4 is 9.13 Å². The predicted octanol–water partition coefficient (Wildman–Crippen LogP) is 5.42. The first-order valence-corrected chi connectivity index (χ1v) is 11.8. The molecule has 0 amide bonds. The SMILES string of the molecule is Cc1c(-c2ccccc2)[n+](CC[n+]2c(-c3ccccc3)c(C)n3ccccc32)c2ccccn12. The minimum absolute atomic E-state index is 0.865. The third-order valence-electron chi connectivity index (χ3n) is 6.82. The highest BCUT2D eigenvalue weighted by atomic mass is 15.2. The molecule has 4 heterocycles. The fourth-order valence-corrected chi connectivity index (χ4v) is 5.30. The summed E-state index contributed by atoms with van der Waals surface area (Å²) in [6.45, 7) is 6.16. The minimum atomic E-state index is 0.865. The Balaban J connectivity index is 1.52. The van der Waals surface area contributed by atoms with Crippen LogP contribution in [0, 0.1) is 13.8 Å². The summed E-state index contributed by atoms with van der Waals surface area (Å²) in [5.74, 6) is 0. The van der Waals surface area contributed by atoms with Gasteiger partial charge in [0.25, 0.3) is 11.3 Å². The number of hydrogen-bond donors (Lipinski definition) is 0. The fourth-order valence-electron chi connectivity index (χ4n) is 5.30. The van der Waals surface area contributed by atoms with Crippen molar-refractivity contribution in [3.63, 3.8) is 0 Å². The van der Waals surface area contributed by atoms with E-state index >= 15 is 0 Å². The normalized spacial score (nSPS) is 11.5. The lowest BCUT2D eigenvalue weighted by atomic mass is 10.1. The van der Waals surface area contributed by atoms with Gasteiger partial charge in [0.05, 0.1) is 12.4 Å². The highest BCUT2D eigenvalue weighted by Crippen LogP contribution is 2.24. The summed E-state index contributed by atoms with van der Waals surface area (Å²) in [4.78, 5) is 0. The van der Waals surface area contributed by atoms with E-state index in [4.69, 9.17) is 0 Å². The van der Waals surface area contributed by atoms with Gasteiger partial charge in [0.15, 0.2) is 22.8 Å². The van der Waals surface area contributed by atoms with E-state index in [1.807, 2.05) is 0 Å². The Hall–Kier alpha value is -4.18. The van der Waals surface area contributed by atoms with Gasteiger partial charge in [0.1, 0.15) is 13.1 Å². The van der Waals surface area contributed by atoms with E-state index < -0.39 is 0 Å². The molecular weight excluding hydrogens is 416 g/mol. The summed E-state index contributed by atoms with van der Waals surface area (Å²) in [7, 11) is 0. The first-order valence-electron chi connectivity index (χ1n) is 11.8. The molecule has 0 unspecified atom stereocenters. The zero-order valence-corrected chi connectivity index (χ0v) is 19.6. The van der Waals surface area contributed by atoms with Gasteiger partial charge in [-0.2, -0.15) is 8.80 Å². The largest absolute Gasteiger partial charge is 0.287 e. The van der Waals surface area contributed by atoms with Crippen molar-refractivity contribution in [1.82, 2.24) is 8.80 Å². The maximum absolute atomic E-state index is 2.47. The van der Waals surface area contributed by atoms with E-state index in [0.717, 1.165) is 13.1 Å². The number of nitrogens with zero attached hydrogens (tertiary/aromatic N) is 4. The van der Waals surface area contributed by atoms with Gasteiger partial charge >= 0.3 is 0 Å². The highest BCUT2D eigenvalue weighted by Gasteiger charge is 2.27. The fraction of sp³-hybridized carbons (Fsp3) is 0.133. The number of pyridine rings is 2. The van der Waals surface area contributed by atoms with Crippen LogP contribution in [0.15, 0.2) is 109 Å². The van der Waals surface area contributed by atoms with Gasteiger partial charge in [-0.15, -0.1) is 0 Å². The molecule has 4 nitrogen and oxygen atoms in total. The maximum atomic E-state index is 2.47. The van der Waals surface area contributed by atoms with E-state index in [2.05, 4.69) is 141 Å². The standard InChI is InChI=1S/C30H28N4/c1-23-29(25-13-5-3-6-14-25)33(27-17-9-11-19-31(23)27)21-22-34-28-18-10-12-20-32(28)24(2)30(34)26-15-7-4-8-16-26/h3-20H,21-22H2,1-2H3/q+2. The first-order chi connectivity index (χ1) is 16.7. The Bertz CT molecular complexity index is 1480. The Morgan fingerprint density at radius 3 is 1.29 bits per heavy atom. The summed E-state index contributed by atoms with van der Waals surface area (Å²) in [6.07, 6.45) is 4.32. The summed E-state index contributed by atoms with van der Waals surface area (Å²) >= 11 is 0. The Morgan fingerprint density at radius 2 is 0.882 bits per heavy atom. The maximum Gasteiger partial charge on any atom is 0.287 e. The Kier molecular flexibility index (Phi) is 4.99. The lowest BCUT2D eigenvalue weighted by Gasteiger charge is -2.06. The predicted molar refractivity (Wildman–Crippen MR) is 136 cm³/mol. The van der Waals surface area contributed by atoms with Crippen LogP contribution in [0.4, 0.5) is 0 Å². The van der Waals surface area contributed by atoms with Crippen LogP contribution in [-0.2, 0) is 13.1 Å². The molecule has 0 aliphatic carbocycles. The minimum Gasteiger partial charge on any atom is -0.219 e. The molecule has 0 radical (unpaired) electrons. The van der Waals surface area contributed by atoms with Crippen LogP contribution in [0.2, 0.25) is 0 Å². The molecule has 6 aromatic rings. The molecule has 0 N–H and O–H groups in total. The molecule has 0 spiro atoms. The monoisotopic (exact) mass is 444 g/mol. The van der Waals surface area contributed by atoms with Crippen LogP contribution in [0.5, 0.6) is 0 Å². The molecule has 0 aliphatic heterocycles. The molecule has 0 fully saturated rings. The van der Waals surface area contributed by atoms with Crippen molar-refractivity contribution < 1.29 is 9.13 Å². The molecule has 4 heteroatoms. The number of rotatable bonds is 5. The molecule has 2 aromatic carbocycles. The van der Waals surface area contributed by atoms with E-state index in [9.17, 15) is 0 Å². The van der Waals surface area contributed by atoms with Gasteiger partial charge in [0.2, 0.25) is 0 Å². The van der Waals surface area contributed by atoms with Crippen LogP contribution in [0.3, 0.4) is 0 Å². The molecule has 0 aliphatic rings. The quantitative estimate of drug-likeness (QED) is 0.316.